The number of hydrogen-bond acceptors (Lipinski definition) is 5. The summed E-state index contributed by atoms with van der Waals surface area (Å²) in [5, 5.41) is 18.7. The second-order valence-corrected chi connectivity index (χ2v) is 6.69. The Kier molecular flexibility index (Phi) is 5.43. The van der Waals surface area contributed by atoms with Gasteiger partial charge in [0, 0.05) is 18.2 Å². The Bertz CT molecular complexity index is 1230. The van der Waals surface area contributed by atoms with Crippen molar-refractivity contribution in [2.45, 2.75) is 6.61 Å². The van der Waals surface area contributed by atoms with Gasteiger partial charge in [0.15, 0.2) is 0 Å². The number of rotatable bonds is 7. The molecule has 2 aromatic heterocycles. The molecule has 0 atom stereocenters. The summed E-state index contributed by atoms with van der Waals surface area (Å²) in [7, 11) is 1.99. The van der Waals surface area contributed by atoms with Crippen LogP contribution in [0.2, 0.25) is 0 Å². The van der Waals surface area contributed by atoms with Crippen molar-refractivity contribution in [3.8, 4) is 16.9 Å². The van der Waals surface area contributed by atoms with Gasteiger partial charge in [-0.25, -0.2) is 4.98 Å². The molecule has 2 N–H and O–H groups in total. The monoisotopic (exact) mass is 399 g/mol. The molecule has 0 aliphatic heterocycles. The summed E-state index contributed by atoms with van der Waals surface area (Å²) in [4.78, 5) is 4.52. The molecular formula is C23H21N5O2. The number of hydrogen-bond donors (Lipinski definition) is 2. The minimum absolute atomic E-state index is 0.311. The zero-order valence-corrected chi connectivity index (χ0v) is 16.5. The Hall–Kier alpha value is -4.13. The van der Waals surface area contributed by atoms with Gasteiger partial charge in [0.2, 0.25) is 0 Å². The number of allylic oxidation sites excluding steroid dienone is 3. The summed E-state index contributed by atoms with van der Waals surface area (Å²) in [5.41, 5.74) is 6.65. The molecule has 0 spiro atoms. The molecule has 0 saturated heterocycles. The third-order valence-electron chi connectivity index (χ3n) is 4.87. The second kappa shape index (κ2) is 8.48. The van der Waals surface area contributed by atoms with Crippen LogP contribution < -0.4 is 4.74 Å². The Labute approximate surface area is 173 Å². The molecule has 7 nitrogen and oxygen atoms in total. The molecule has 4 aromatic rings. The first-order valence-corrected chi connectivity index (χ1v) is 9.37. The largest absolute Gasteiger partial charge is 0.487 e. The molecule has 2 heterocycles. The van der Waals surface area contributed by atoms with Crippen molar-refractivity contribution in [1.82, 2.24) is 19.7 Å². The van der Waals surface area contributed by atoms with Crippen molar-refractivity contribution in [3.63, 3.8) is 0 Å². The molecule has 4 rings (SSSR count). The van der Waals surface area contributed by atoms with Crippen LogP contribution in [0.15, 0.2) is 78.9 Å². The van der Waals surface area contributed by atoms with Gasteiger partial charge in [0.05, 0.1) is 35.5 Å². The molecule has 0 radical (unpaired) electrons. The highest BCUT2D eigenvalue weighted by atomic mass is 16.5. The number of nitrogens with one attached hydrogen (secondary N) is 1. The molecule has 0 saturated carbocycles. The maximum absolute atomic E-state index is 8.63. The van der Waals surface area contributed by atoms with E-state index in [1.807, 2.05) is 48.3 Å². The van der Waals surface area contributed by atoms with Gasteiger partial charge in [-0.05, 0) is 35.4 Å². The van der Waals surface area contributed by atoms with Gasteiger partial charge < -0.3 is 14.5 Å². The van der Waals surface area contributed by atoms with E-state index in [0.717, 1.165) is 44.7 Å². The number of imidazole rings is 1. The van der Waals surface area contributed by atoms with Crippen molar-refractivity contribution in [3.05, 3.63) is 85.0 Å². The molecule has 0 bridgehead atoms. The van der Waals surface area contributed by atoms with Crippen LogP contribution in [-0.2, 0) is 13.7 Å². The Morgan fingerprint density at radius 2 is 2.10 bits per heavy atom. The van der Waals surface area contributed by atoms with E-state index < -0.39 is 0 Å². The van der Waals surface area contributed by atoms with Gasteiger partial charge in [0.1, 0.15) is 12.4 Å². The highest BCUT2D eigenvalue weighted by Crippen LogP contribution is 2.29. The van der Waals surface area contributed by atoms with E-state index in [0.29, 0.717) is 6.61 Å². The molecule has 150 valence electrons. The standard InChI is InChI=1S/C23H21N5O2/c1-3-16(11-12-26-29)20-13-25-27-21(20)14-30-18-9-7-17(8-10-18)19-5-4-6-22-23(19)24-15-28(22)2/h3-13,15,29H,1,14H2,2H3,(H,25,27)/b16-11+,26-12?. The predicted octanol–water partition coefficient (Wildman–Crippen LogP) is 4.57. The van der Waals surface area contributed by atoms with E-state index in [2.05, 4.69) is 39.0 Å². The van der Waals surface area contributed by atoms with Crippen molar-refractivity contribution in [2.24, 2.45) is 12.2 Å². The summed E-state index contributed by atoms with van der Waals surface area (Å²) < 4.78 is 7.95. The van der Waals surface area contributed by atoms with Gasteiger partial charge in [-0.15, -0.1) is 0 Å². The summed E-state index contributed by atoms with van der Waals surface area (Å²) in [6, 6.07) is 14.1. The highest BCUT2D eigenvalue weighted by Gasteiger charge is 2.10. The van der Waals surface area contributed by atoms with Crippen LogP contribution in [0, 0.1) is 0 Å². The van der Waals surface area contributed by atoms with Crippen molar-refractivity contribution in [1.29, 1.82) is 0 Å². The van der Waals surface area contributed by atoms with Crippen LogP contribution in [0.5, 0.6) is 5.75 Å². The molecule has 2 aromatic carbocycles. The fourth-order valence-corrected chi connectivity index (χ4v) is 3.33. The van der Waals surface area contributed by atoms with Crippen molar-refractivity contribution >= 4 is 22.8 Å². The van der Waals surface area contributed by atoms with E-state index >= 15 is 0 Å². The highest BCUT2D eigenvalue weighted by molar-refractivity contribution is 5.92. The lowest BCUT2D eigenvalue weighted by molar-refractivity contribution is 0.301. The molecular weight excluding hydrogens is 378 g/mol. The van der Waals surface area contributed by atoms with Crippen LogP contribution in [0.25, 0.3) is 27.7 Å². The van der Waals surface area contributed by atoms with E-state index in [9.17, 15) is 0 Å². The number of aromatic amines is 1. The van der Waals surface area contributed by atoms with Gasteiger partial charge in [-0.2, -0.15) is 5.10 Å². The number of oxime groups is 1. The van der Waals surface area contributed by atoms with E-state index in [-0.39, 0.29) is 0 Å². The van der Waals surface area contributed by atoms with Gasteiger partial charge in [-0.1, -0.05) is 42.1 Å². The number of nitrogens with zero attached hydrogens (tertiary/aromatic N) is 4. The van der Waals surface area contributed by atoms with Gasteiger partial charge >= 0.3 is 0 Å². The Morgan fingerprint density at radius 3 is 2.87 bits per heavy atom. The number of aromatic nitrogens is 4. The van der Waals surface area contributed by atoms with E-state index in [1.54, 1.807) is 18.3 Å². The summed E-state index contributed by atoms with van der Waals surface area (Å²) in [6.45, 7) is 4.10. The predicted molar refractivity (Wildman–Crippen MR) is 118 cm³/mol. The first-order valence-electron chi connectivity index (χ1n) is 9.37. The summed E-state index contributed by atoms with van der Waals surface area (Å²) in [6.07, 6.45) is 8.12. The SMILES string of the molecule is C=C/C(=C\C=NO)c1cn[nH]c1COc1ccc(-c2cccc3c2ncn3C)cc1. The summed E-state index contributed by atoms with van der Waals surface area (Å²) >= 11 is 0. The lowest BCUT2D eigenvalue weighted by Crippen LogP contribution is -1.99. The second-order valence-electron chi connectivity index (χ2n) is 6.69. The molecule has 0 aliphatic rings. The number of fused-ring (bicyclic) bond motifs is 1. The normalized spacial score (nSPS) is 12.0. The maximum Gasteiger partial charge on any atom is 0.130 e. The van der Waals surface area contributed by atoms with Crippen LogP contribution >= 0.6 is 0 Å². The molecule has 7 heteroatoms. The number of aryl methyl sites for hydroxylation is 1. The molecule has 0 unspecified atom stereocenters. The quantitative estimate of drug-likeness (QED) is 0.206. The average Bonchev–Trinajstić information content (AvgIpc) is 3.40. The van der Waals surface area contributed by atoms with Crippen LogP contribution in [0.3, 0.4) is 0 Å². The third kappa shape index (κ3) is 3.73. The molecule has 30 heavy (non-hydrogen) atoms. The third-order valence-corrected chi connectivity index (χ3v) is 4.87. The Morgan fingerprint density at radius 1 is 1.27 bits per heavy atom. The first-order chi connectivity index (χ1) is 14.7. The van der Waals surface area contributed by atoms with Crippen LogP contribution in [0.4, 0.5) is 0 Å². The average molecular weight is 399 g/mol. The van der Waals surface area contributed by atoms with E-state index in [1.165, 1.54) is 6.21 Å². The number of ether oxygens (including phenoxy) is 1. The fraction of sp³-hybridized carbons (Fsp3) is 0.0870. The number of para-hydroxylation sites is 1. The topological polar surface area (TPSA) is 88.3 Å². The lowest BCUT2D eigenvalue weighted by atomic mass is 10.0. The van der Waals surface area contributed by atoms with Gasteiger partial charge in [-0.3, -0.25) is 5.10 Å². The fourth-order valence-electron chi connectivity index (χ4n) is 3.33. The van der Waals surface area contributed by atoms with Crippen LogP contribution in [0.1, 0.15) is 11.3 Å². The zero-order chi connectivity index (χ0) is 20.9. The molecule has 0 aliphatic carbocycles. The molecule has 0 fully saturated rings. The number of benzene rings is 2. The lowest BCUT2D eigenvalue weighted by Gasteiger charge is -2.09. The minimum Gasteiger partial charge on any atom is -0.487 e. The van der Waals surface area contributed by atoms with Crippen molar-refractivity contribution in [2.75, 3.05) is 0 Å². The van der Waals surface area contributed by atoms with Crippen LogP contribution in [-0.4, -0.2) is 31.2 Å². The first kappa shape index (κ1) is 19.2. The molecule has 0 amide bonds. The minimum atomic E-state index is 0.311. The van der Waals surface area contributed by atoms with E-state index in [4.69, 9.17) is 9.94 Å². The van der Waals surface area contributed by atoms with Gasteiger partial charge in [0.25, 0.3) is 0 Å². The summed E-state index contributed by atoms with van der Waals surface area (Å²) in [5.74, 6) is 0.744. The Balaban J connectivity index is 1.52. The smallest absolute Gasteiger partial charge is 0.130 e. The van der Waals surface area contributed by atoms with Crippen molar-refractivity contribution < 1.29 is 9.94 Å². The maximum atomic E-state index is 8.63. The number of H-pyrrole nitrogens is 1. The zero-order valence-electron chi connectivity index (χ0n) is 16.5.